The van der Waals surface area contributed by atoms with E-state index in [0.717, 1.165) is 16.9 Å². The van der Waals surface area contributed by atoms with Gasteiger partial charge in [0.2, 0.25) is 0 Å². The van der Waals surface area contributed by atoms with Gasteiger partial charge in [0.15, 0.2) is 0 Å². The molecule has 0 aliphatic carbocycles. The third-order valence-corrected chi connectivity index (χ3v) is 2.97. The van der Waals surface area contributed by atoms with E-state index in [4.69, 9.17) is 20.5 Å². The fourth-order valence-electron chi connectivity index (χ4n) is 1.89. The lowest BCUT2D eigenvalue weighted by Crippen LogP contribution is -2.03. The zero-order chi connectivity index (χ0) is 14.4. The molecule has 0 aromatic heterocycles. The highest BCUT2D eigenvalue weighted by Gasteiger charge is 2.05. The molecule has 0 aliphatic rings. The zero-order valence-corrected chi connectivity index (χ0v) is 11.3. The molecular weight excluding hydrogens is 252 g/mol. The van der Waals surface area contributed by atoms with Gasteiger partial charge in [-0.1, -0.05) is 24.3 Å². The van der Waals surface area contributed by atoms with Crippen molar-refractivity contribution in [3.05, 3.63) is 59.2 Å². The molecule has 0 saturated heterocycles. The lowest BCUT2D eigenvalue weighted by atomic mass is 10.1. The summed E-state index contributed by atoms with van der Waals surface area (Å²) in [6.07, 6.45) is 0. The van der Waals surface area contributed by atoms with E-state index in [1.807, 2.05) is 36.4 Å². The molecule has 0 unspecified atom stereocenters. The number of rotatable bonds is 5. The van der Waals surface area contributed by atoms with Gasteiger partial charge in [-0.05, 0) is 23.8 Å². The van der Waals surface area contributed by atoms with Crippen molar-refractivity contribution in [1.82, 2.24) is 0 Å². The summed E-state index contributed by atoms with van der Waals surface area (Å²) in [6, 6.07) is 15.1. The molecule has 0 heterocycles. The average Bonchev–Trinajstić information content (AvgIpc) is 2.52. The summed E-state index contributed by atoms with van der Waals surface area (Å²) >= 11 is 0. The Morgan fingerprint density at radius 2 is 1.95 bits per heavy atom. The van der Waals surface area contributed by atoms with E-state index in [-0.39, 0.29) is 0 Å². The highest BCUT2D eigenvalue weighted by atomic mass is 16.5. The quantitative estimate of drug-likeness (QED) is 0.905. The Balaban J connectivity index is 2.13. The van der Waals surface area contributed by atoms with Crippen LogP contribution < -0.4 is 15.2 Å². The highest BCUT2D eigenvalue weighted by Crippen LogP contribution is 2.22. The maximum absolute atomic E-state index is 8.94. The van der Waals surface area contributed by atoms with Crippen LogP contribution in [0.1, 0.15) is 16.7 Å². The number of nitrogens with zero attached hydrogens (tertiary/aromatic N) is 1. The van der Waals surface area contributed by atoms with Crippen LogP contribution in [0.5, 0.6) is 11.5 Å². The van der Waals surface area contributed by atoms with Crippen molar-refractivity contribution in [2.45, 2.75) is 13.2 Å². The van der Waals surface area contributed by atoms with Crippen molar-refractivity contribution in [2.75, 3.05) is 7.11 Å². The minimum absolute atomic E-state index is 0.402. The fraction of sp³-hybridized carbons (Fsp3) is 0.188. The van der Waals surface area contributed by atoms with Crippen LogP contribution in [-0.2, 0) is 13.2 Å². The molecule has 0 fully saturated rings. The van der Waals surface area contributed by atoms with Crippen LogP contribution in [0.4, 0.5) is 0 Å². The van der Waals surface area contributed by atoms with E-state index >= 15 is 0 Å². The Morgan fingerprint density at radius 1 is 1.15 bits per heavy atom. The van der Waals surface area contributed by atoms with Gasteiger partial charge in [0.05, 0.1) is 12.7 Å². The molecular formula is C16H16N2O2. The summed E-state index contributed by atoms with van der Waals surface area (Å²) in [6.45, 7) is 0.839. The van der Waals surface area contributed by atoms with Gasteiger partial charge in [0.1, 0.15) is 24.2 Å². The van der Waals surface area contributed by atoms with Gasteiger partial charge < -0.3 is 15.2 Å². The summed E-state index contributed by atoms with van der Waals surface area (Å²) in [5.74, 6) is 1.33. The third kappa shape index (κ3) is 3.08. The van der Waals surface area contributed by atoms with Crippen molar-refractivity contribution >= 4 is 0 Å². The maximum Gasteiger partial charge on any atom is 0.137 e. The molecule has 4 nitrogen and oxygen atoms in total. The number of benzene rings is 2. The Hall–Kier alpha value is -2.51. The predicted molar refractivity (Wildman–Crippen MR) is 76.4 cm³/mol. The first kappa shape index (κ1) is 13.9. The lowest BCUT2D eigenvalue weighted by molar-refractivity contribution is 0.302. The maximum atomic E-state index is 8.94. The summed E-state index contributed by atoms with van der Waals surface area (Å²) < 4.78 is 10.9. The Labute approximate surface area is 118 Å². The minimum atomic E-state index is 0.402. The second-order valence-electron chi connectivity index (χ2n) is 4.25. The number of nitriles is 1. The van der Waals surface area contributed by atoms with Crippen molar-refractivity contribution in [3.63, 3.8) is 0 Å². The number of nitrogens with two attached hydrogens (primary N) is 1. The van der Waals surface area contributed by atoms with Crippen molar-refractivity contribution in [1.29, 1.82) is 5.26 Å². The van der Waals surface area contributed by atoms with Crippen LogP contribution in [0.2, 0.25) is 0 Å². The van der Waals surface area contributed by atoms with Crippen LogP contribution in [0.3, 0.4) is 0 Å². The Kier molecular flexibility index (Phi) is 4.59. The van der Waals surface area contributed by atoms with E-state index in [1.54, 1.807) is 13.2 Å². The monoisotopic (exact) mass is 268 g/mol. The van der Waals surface area contributed by atoms with Gasteiger partial charge in [-0.25, -0.2) is 0 Å². The van der Waals surface area contributed by atoms with Crippen LogP contribution in [0.15, 0.2) is 42.5 Å². The summed E-state index contributed by atoms with van der Waals surface area (Å²) in [4.78, 5) is 0. The predicted octanol–water partition coefficient (Wildman–Crippen LogP) is 2.60. The standard InChI is InChI=1S/C16H16N2O2/c1-19-16-8-12(6-7-14(16)10-18)11-20-15-5-3-2-4-13(15)9-17/h2-8H,9,11,17H2,1H3. The number of hydrogen-bond acceptors (Lipinski definition) is 4. The van der Waals surface area contributed by atoms with E-state index in [0.29, 0.717) is 24.5 Å². The first-order chi connectivity index (χ1) is 9.78. The summed E-state index contributed by atoms with van der Waals surface area (Å²) in [5.41, 5.74) is 8.08. The molecule has 0 saturated carbocycles. The number of hydrogen-bond donors (Lipinski definition) is 1. The third-order valence-electron chi connectivity index (χ3n) is 2.97. The molecule has 0 spiro atoms. The second-order valence-corrected chi connectivity index (χ2v) is 4.25. The Bertz CT molecular complexity index is 633. The van der Waals surface area contributed by atoms with E-state index < -0.39 is 0 Å². The molecule has 4 heteroatoms. The summed E-state index contributed by atoms with van der Waals surface area (Å²) in [7, 11) is 1.55. The summed E-state index contributed by atoms with van der Waals surface area (Å²) in [5, 5.41) is 8.94. The number of methoxy groups -OCH3 is 1. The van der Waals surface area contributed by atoms with Gasteiger partial charge in [-0.3, -0.25) is 0 Å². The molecule has 0 amide bonds. The SMILES string of the molecule is COc1cc(COc2ccccc2CN)ccc1C#N. The highest BCUT2D eigenvalue weighted by molar-refractivity contribution is 5.45. The molecule has 0 radical (unpaired) electrons. The van der Waals surface area contributed by atoms with E-state index in [1.165, 1.54) is 0 Å². The Morgan fingerprint density at radius 3 is 2.65 bits per heavy atom. The van der Waals surface area contributed by atoms with Crippen LogP contribution in [0, 0.1) is 11.3 Å². The molecule has 0 atom stereocenters. The van der Waals surface area contributed by atoms with Crippen molar-refractivity contribution < 1.29 is 9.47 Å². The molecule has 0 aliphatic heterocycles. The van der Waals surface area contributed by atoms with Gasteiger partial charge in [-0.2, -0.15) is 5.26 Å². The van der Waals surface area contributed by atoms with Crippen molar-refractivity contribution in [2.24, 2.45) is 5.73 Å². The van der Waals surface area contributed by atoms with Gasteiger partial charge in [0, 0.05) is 12.1 Å². The smallest absolute Gasteiger partial charge is 0.137 e. The second kappa shape index (κ2) is 6.60. The largest absolute Gasteiger partial charge is 0.495 e. The van der Waals surface area contributed by atoms with Crippen LogP contribution in [0.25, 0.3) is 0 Å². The van der Waals surface area contributed by atoms with Crippen LogP contribution >= 0.6 is 0 Å². The molecule has 2 rings (SSSR count). The van der Waals surface area contributed by atoms with E-state index in [2.05, 4.69) is 6.07 Å². The topological polar surface area (TPSA) is 68.3 Å². The number of para-hydroxylation sites is 1. The zero-order valence-electron chi connectivity index (χ0n) is 11.3. The molecule has 0 bridgehead atoms. The minimum Gasteiger partial charge on any atom is -0.495 e. The first-order valence-corrected chi connectivity index (χ1v) is 6.26. The normalized spacial score (nSPS) is 9.85. The molecule has 102 valence electrons. The molecule has 2 N–H and O–H groups in total. The molecule has 20 heavy (non-hydrogen) atoms. The lowest BCUT2D eigenvalue weighted by Gasteiger charge is -2.11. The van der Waals surface area contributed by atoms with Gasteiger partial charge >= 0.3 is 0 Å². The van der Waals surface area contributed by atoms with Crippen molar-refractivity contribution in [3.8, 4) is 17.6 Å². The average molecular weight is 268 g/mol. The molecule has 2 aromatic carbocycles. The fourth-order valence-corrected chi connectivity index (χ4v) is 1.89. The van der Waals surface area contributed by atoms with Crippen LogP contribution in [-0.4, -0.2) is 7.11 Å². The van der Waals surface area contributed by atoms with Gasteiger partial charge in [-0.15, -0.1) is 0 Å². The number of ether oxygens (including phenoxy) is 2. The first-order valence-electron chi connectivity index (χ1n) is 6.26. The molecule has 2 aromatic rings. The van der Waals surface area contributed by atoms with Gasteiger partial charge in [0.25, 0.3) is 0 Å². The van der Waals surface area contributed by atoms with E-state index in [9.17, 15) is 0 Å².